The second-order valence-electron chi connectivity index (χ2n) is 7.01. The van der Waals surface area contributed by atoms with E-state index in [-0.39, 0.29) is 29.2 Å². The summed E-state index contributed by atoms with van der Waals surface area (Å²) in [5, 5.41) is 37.6. The van der Waals surface area contributed by atoms with E-state index >= 15 is 0 Å². The molecule has 2 aromatic carbocycles. The molecule has 0 radical (unpaired) electrons. The Labute approximate surface area is 169 Å². The highest BCUT2D eigenvalue weighted by Gasteiger charge is 2.23. The maximum Gasteiger partial charge on any atom is 0.255 e. The fourth-order valence-corrected chi connectivity index (χ4v) is 3.31. The minimum Gasteiger partial charge on any atom is -0.507 e. The lowest BCUT2D eigenvalue weighted by molar-refractivity contribution is 0.0946. The van der Waals surface area contributed by atoms with E-state index in [1.54, 1.807) is 12.1 Å². The number of aromatic hydroxyl groups is 2. The maximum atomic E-state index is 12.9. The number of aromatic nitrogens is 4. The summed E-state index contributed by atoms with van der Waals surface area (Å²) in [4.78, 5) is 12.9. The van der Waals surface area contributed by atoms with Gasteiger partial charge in [-0.1, -0.05) is 49.6 Å². The fraction of sp³-hybridized carbons (Fsp3) is 0.333. The number of phenols is 2. The number of aryl methyl sites for hydroxylation is 2. The zero-order chi connectivity index (χ0) is 20.8. The molecular weight excluding hydrogens is 370 g/mol. The van der Waals surface area contributed by atoms with Gasteiger partial charge in [0, 0.05) is 0 Å². The van der Waals surface area contributed by atoms with Crippen LogP contribution in [0.3, 0.4) is 0 Å². The number of nitrogens with zero attached hydrogens (tertiary/aromatic N) is 3. The molecule has 1 amide bonds. The molecule has 0 fully saturated rings. The number of carbonyl (C=O) groups excluding carboxylic acids is 1. The number of carbonyl (C=O) groups is 1. The van der Waals surface area contributed by atoms with E-state index in [1.165, 1.54) is 0 Å². The number of aromatic amines is 1. The molecule has 0 atom stereocenters. The Morgan fingerprint density at radius 1 is 1.21 bits per heavy atom. The van der Waals surface area contributed by atoms with Crippen LogP contribution in [0.15, 0.2) is 30.3 Å². The van der Waals surface area contributed by atoms with Crippen molar-refractivity contribution in [3.8, 4) is 22.6 Å². The summed E-state index contributed by atoms with van der Waals surface area (Å²) in [6, 6.07) is 9.00. The number of rotatable bonds is 8. The molecule has 1 heterocycles. The molecule has 0 saturated carbocycles. The molecule has 3 rings (SSSR count). The Balaban J connectivity index is 2.01. The molecule has 0 aliphatic rings. The highest BCUT2D eigenvalue weighted by Crippen LogP contribution is 2.42. The van der Waals surface area contributed by atoms with Gasteiger partial charge in [-0.3, -0.25) is 4.79 Å². The van der Waals surface area contributed by atoms with Crippen molar-refractivity contribution in [3.05, 3.63) is 52.8 Å². The highest BCUT2D eigenvalue weighted by molar-refractivity contribution is 6.01. The number of hydrogen-bond donors (Lipinski definition) is 4. The number of nitrogens with one attached hydrogen (secondary N) is 2. The SMILES string of the molecule is CCCCCc1cc(O)c(-c2cccc(C)c2)c(O)c1C(=O)NCc1nnn[nH]1. The molecule has 8 heteroatoms. The van der Waals surface area contributed by atoms with Crippen molar-refractivity contribution in [1.29, 1.82) is 0 Å². The topological polar surface area (TPSA) is 124 Å². The number of benzene rings is 2. The number of phenolic OH excluding ortho intramolecular Hbond substituents is 2. The number of tetrazole rings is 1. The Hall–Kier alpha value is -3.42. The van der Waals surface area contributed by atoms with Crippen molar-refractivity contribution >= 4 is 5.91 Å². The number of H-pyrrole nitrogens is 1. The van der Waals surface area contributed by atoms with Crippen molar-refractivity contribution < 1.29 is 15.0 Å². The van der Waals surface area contributed by atoms with Gasteiger partial charge in [-0.15, -0.1) is 5.10 Å². The van der Waals surface area contributed by atoms with Crippen LogP contribution in [0.4, 0.5) is 0 Å². The molecule has 3 aromatic rings. The molecule has 0 aliphatic heterocycles. The molecular formula is C21H25N5O3. The van der Waals surface area contributed by atoms with Crippen molar-refractivity contribution in [2.45, 2.75) is 46.1 Å². The third-order valence-electron chi connectivity index (χ3n) is 4.75. The molecule has 0 spiro atoms. The van der Waals surface area contributed by atoms with Gasteiger partial charge in [0.1, 0.15) is 11.5 Å². The summed E-state index contributed by atoms with van der Waals surface area (Å²) in [6.45, 7) is 4.12. The molecule has 0 aliphatic carbocycles. The van der Waals surface area contributed by atoms with Gasteiger partial charge in [-0.05, 0) is 47.4 Å². The highest BCUT2D eigenvalue weighted by atomic mass is 16.3. The van der Waals surface area contributed by atoms with E-state index < -0.39 is 5.91 Å². The van der Waals surface area contributed by atoms with Crippen molar-refractivity contribution in [2.24, 2.45) is 0 Å². The minimum atomic E-state index is -0.445. The first kappa shape index (κ1) is 20.3. The van der Waals surface area contributed by atoms with Gasteiger partial charge in [0.25, 0.3) is 5.91 Å². The predicted molar refractivity (Wildman–Crippen MR) is 109 cm³/mol. The third-order valence-corrected chi connectivity index (χ3v) is 4.75. The van der Waals surface area contributed by atoms with Crippen LogP contribution < -0.4 is 5.32 Å². The van der Waals surface area contributed by atoms with Gasteiger partial charge in [-0.2, -0.15) is 0 Å². The van der Waals surface area contributed by atoms with E-state index in [0.29, 0.717) is 23.4 Å². The second kappa shape index (κ2) is 9.18. The van der Waals surface area contributed by atoms with Gasteiger partial charge in [0.05, 0.1) is 17.7 Å². The van der Waals surface area contributed by atoms with E-state index in [4.69, 9.17) is 0 Å². The average molecular weight is 395 g/mol. The number of hydrogen-bond acceptors (Lipinski definition) is 6. The van der Waals surface area contributed by atoms with E-state index in [9.17, 15) is 15.0 Å². The zero-order valence-electron chi connectivity index (χ0n) is 16.6. The Kier molecular flexibility index (Phi) is 6.43. The van der Waals surface area contributed by atoms with Gasteiger partial charge in [0.2, 0.25) is 0 Å². The lowest BCUT2D eigenvalue weighted by atomic mass is 9.92. The average Bonchev–Trinajstić information content (AvgIpc) is 3.20. The first-order valence-electron chi connectivity index (χ1n) is 9.67. The molecule has 4 N–H and O–H groups in total. The molecule has 8 nitrogen and oxygen atoms in total. The van der Waals surface area contributed by atoms with Crippen LogP contribution >= 0.6 is 0 Å². The van der Waals surface area contributed by atoms with E-state index in [2.05, 4.69) is 32.9 Å². The third kappa shape index (κ3) is 4.71. The van der Waals surface area contributed by atoms with Crippen molar-refractivity contribution in [2.75, 3.05) is 0 Å². The fourth-order valence-electron chi connectivity index (χ4n) is 3.31. The molecule has 0 bridgehead atoms. The minimum absolute atomic E-state index is 0.0458. The second-order valence-corrected chi connectivity index (χ2v) is 7.01. The van der Waals surface area contributed by atoms with Crippen LogP contribution in [0.1, 0.15) is 53.5 Å². The monoisotopic (exact) mass is 395 g/mol. The lowest BCUT2D eigenvalue weighted by Crippen LogP contribution is -2.25. The Morgan fingerprint density at radius 2 is 2.03 bits per heavy atom. The summed E-state index contributed by atoms with van der Waals surface area (Å²) in [7, 11) is 0. The maximum absolute atomic E-state index is 12.9. The van der Waals surface area contributed by atoms with Gasteiger partial charge in [-0.25, -0.2) is 5.10 Å². The summed E-state index contributed by atoms with van der Waals surface area (Å²) in [5.74, 6) is -0.312. The zero-order valence-corrected chi connectivity index (χ0v) is 16.6. The van der Waals surface area contributed by atoms with E-state index in [1.807, 2.05) is 25.1 Å². The van der Waals surface area contributed by atoms with Gasteiger partial charge >= 0.3 is 0 Å². The summed E-state index contributed by atoms with van der Waals surface area (Å²) >= 11 is 0. The van der Waals surface area contributed by atoms with Crippen molar-refractivity contribution in [1.82, 2.24) is 25.9 Å². The predicted octanol–water partition coefficient (Wildman–Crippen LogP) is 3.25. The van der Waals surface area contributed by atoms with Crippen LogP contribution in [-0.2, 0) is 13.0 Å². The standard InChI is InChI=1S/C21H25N5O3/c1-3-4-5-8-15-11-16(27)18(14-9-6-7-13(2)10-14)20(28)19(15)21(29)22-12-17-23-25-26-24-17/h6-7,9-11,27-28H,3-5,8,12H2,1-2H3,(H,22,29)(H,23,24,25,26). The van der Waals surface area contributed by atoms with Crippen LogP contribution in [0, 0.1) is 6.92 Å². The Bertz CT molecular complexity index is 986. The van der Waals surface area contributed by atoms with Crippen LogP contribution in [-0.4, -0.2) is 36.7 Å². The molecule has 0 saturated heterocycles. The normalized spacial score (nSPS) is 10.8. The number of unbranched alkanes of at least 4 members (excludes halogenated alkanes) is 2. The van der Waals surface area contributed by atoms with E-state index in [0.717, 1.165) is 24.8 Å². The Morgan fingerprint density at radius 3 is 2.72 bits per heavy atom. The molecule has 1 aromatic heterocycles. The summed E-state index contributed by atoms with van der Waals surface area (Å²) in [5.41, 5.74) is 2.66. The first-order chi connectivity index (χ1) is 14.0. The van der Waals surface area contributed by atoms with Crippen LogP contribution in [0.5, 0.6) is 11.5 Å². The smallest absolute Gasteiger partial charge is 0.255 e. The summed E-state index contributed by atoms with van der Waals surface area (Å²) < 4.78 is 0. The molecule has 152 valence electrons. The molecule has 0 unspecified atom stereocenters. The quantitative estimate of drug-likeness (QED) is 0.434. The molecule has 29 heavy (non-hydrogen) atoms. The summed E-state index contributed by atoms with van der Waals surface area (Å²) in [6.07, 6.45) is 3.45. The van der Waals surface area contributed by atoms with Crippen LogP contribution in [0.25, 0.3) is 11.1 Å². The van der Waals surface area contributed by atoms with Crippen molar-refractivity contribution in [3.63, 3.8) is 0 Å². The lowest BCUT2D eigenvalue weighted by Gasteiger charge is -2.17. The van der Waals surface area contributed by atoms with Crippen LogP contribution in [0.2, 0.25) is 0 Å². The number of amides is 1. The largest absolute Gasteiger partial charge is 0.507 e. The first-order valence-corrected chi connectivity index (χ1v) is 9.67. The van der Waals surface area contributed by atoms with Gasteiger partial charge < -0.3 is 15.5 Å². The van der Waals surface area contributed by atoms with Gasteiger partial charge in [0.15, 0.2) is 5.82 Å².